The Balaban J connectivity index is 3.36. The average molecular weight is 187 g/mol. The van der Waals surface area contributed by atoms with Gasteiger partial charge in [-0.05, 0) is 33.4 Å². The fourth-order valence-electron chi connectivity index (χ4n) is 1.04. The van der Waals surface area contributed by atoms with Gasteiger partial charge in [0.15, 0.2) is 0 Å². The number of rotatable bonds is 7. The number of aliphatic hydroxyl groups is 1. The molecule has 0 aromatic heterocycles. The summed E-state index contributed by atoms with van der Waals surface area (Å²) in [6, 6.07) is 0.220. The molecule has 0 aromatic carbocycles. The summed E-state index contributed by atoms with van der Waals surface area (Å²) in [5.74, 6) is 0.262. The van der Waals surface area contributed by atoms with Crippen molar-refractivity contribution in [1.82, 2.24) is 4.90 Å². The van der Waals surface area contributed by atoms with Crippen LogP contribution in [0.1, 0.15) is 26.2 Å². The molecule has 0 amide bonds. The smallest absolute Gasteiger partial charge is 0.0905 e. The Bertz CT molecular complexity index is 150. The van der Waals surface area contributed by atoms with Crippen LogP contribution in [0.4, 0.5) is 0 Å². The van der Waals surface area contributed by atoms with Crippen LogP contribution in [-0.2, 0) is 0 Å². The number of nitrogens with zero attached hydrogens (tertiary/aromatic N) is 1. The fourth-order valence-corrected chi connectivity index (χ4v) is 1.04. The first-order valence-corrected chi connectivity index (χ1v) is 4.72. The number of unbranched alkanes of at least 4 members (excludes halogenated alkanes) is 1. The Morgan fingerprint density at radius 3 is 2.62 bits per heavy atom. The zero-order chi connectivity index (χ0) is 10.3. The second kappa shape index (κ2) is 6.86. The lowest BCUT2D eigenvalue weighted by Gasteiger charge is -2.22. The molecule has 0 spiro atoms. The number of nitrogens with two attached hydrogens (primary N) is 1. The van der Waals surface area contributed by atoms with Crippen molar-refractivity contribution in [2.24, 2.45) is 5.73 Å². The molecule has 0 aliphatic heterocycles. The van der Waals surface area contributed by atoms with E-state index in [0.29, 0.717) is 6.42 Å². The molecule has 78 valence electrons. The first-order valence-electron chi connectivity index (χ1n) is 4.72. The molecule has 0 saturated heterocycles. The number of nitrogens with one attached hydrogen (secondary N) is 1. The van der Waals surface area contributed by atoms with Gasteiger partial charge in [-0.3, -0.25) is 5.41 Å². The summed E-state index contributed by atoms with van der Waals surface area (Å²) in [6.07, 6.45) is 2.67. The molecule has 4 N–H and O–H groups in total. The Labute approximate surface area is 80.2 Å². The topological polar surface area (TPSA) is 73.3 Å². The largest absolute Gasteiger partial charge is 0.395 e. The van der Waals surface area contributed by atoms with Crippen molar-refractivity contribution >= 4 is 5.84 Å². The van der Waals surface area contributed by atoms with E-state index in [1.165, 1.54) is 0 Å². The van der Waals surface area contributed by atoms with Gasteiger partial charge in [-0.1, -0.05) is 0 Å². The van der Waals surface area contributed by atoms with Gasteiger partial charge in [-0.15, -0.1) is 0 Å². The van der Waals surface area contributed by atoms with Crippen molar-refractivity contribution in [3.8, 4) is 0 Å². The lowest BCUT2D eigenvalue weighted by Crippen LogP contribution is -2.32. The number of amidine groups is 1. The van der Waals surface area contributed by atoms with Crippen molar-refractivity contribution in [3.63, 3.8) is 0 Å². The molecule has 13 heavy (non-hydrogen) atoms. The minimum atomic E-state index is 0.198. The third kappa shape index (κ3) is 6.54. The SMILES string of the molecule is CC(CO)N(C)CCCCC(=N)N. The lowest BCUT2D eigenvalue weighted by atomic mass is 10.2. The Morgan fingerprint density at radius 1 is 1.54 bits per heavy atom. The second-order valence-electron chi connectivity index (χ2n) is 3.49. The quantitative estimate of drug-likeness (QED) is 0.307. The Hall–Kier alpha value is -0.610. The summed E-state index contributed by atoms with van der Waals surface area (Å²) in [7, 11) is 1.99. The van der Waals surface area contributed by atoms with Gasteiger partial charge in [0, 0.05) is 12.5 Å². The van der Waals surface area contributed by atoms with E-state index in [0.717, 1.165) is 19.4 Å². The molecule has 0 fully saturated rings. The van der Waals surface area contributed by atoms with E-state index in [9.17, 15) is 0 Å². The van der Waals surface area contributed by atoms with Crippen molar-refractivity contribution < 1.29 is 5.11 Å². The monoisotopic (exact) mass is 187 g/mol. The number of likely N-dealkylation sites (N-methyl/N-ethyl adjacent to an activating group) is 1. The molecule has 4 nitrogen and oxygen atoms in total. The number of aliphatic hydroxyl groups excluding tert-OH is 1. The van der Waals surface area contributed by atoms with Gasteiger partial charge in [-0.25, -0.2) is 0 Å². The summed E-state index contributed by atoms with van der Waals surface area (Å²) < 4.78 is 0. The van der Waals surface area contributed by atoms with Gasteiger partial charge in [0.05, 0.1) is 12.4 Å². The molecule has 0 aliphatic rings. The summed E-state index contributed by atoms with van der Waals surface area (Å²) in [6.45, 7) is 3.14. The van der Waals surface area contributed by atoms with Gasteiger partial charge in [-0.2, -0.15) is 0 Å². The molecular formula is C9H21N3O. The second-order valence-corrected chi connectivity index (χ2v) is 3.49. The highest BCUT2D eigenvalue weighted by Gasteiger charge is 2.06. The minimum Gasteiger partial charge on any atom is -0.395 e. The van der Waals surface area contributed by atoms with Crippen LogP contribution in [0.3, 0.4) is 0 Å². The zero-order valence-corrected chi connectivity index (χ0v) is 8.58. The summed E-state index contributed by atoms with van der Waals surface area (Å²) in [5, 5.41) is 15.9. The van der Waals surface area contributed by atoms with Crippen LogP contribution < -0.4 is 5.73 Å². The van der Waals surface area contributed by atoms with Gasteiger partial charge >= 0.3 is 0 Å². The van der Waals surface area contributed by atoms with E-state index in [1.54, 1.807) is 0 Å². The molecule has 0 heterocycles. The molecule has 0 bridgehead atoms. The molecule has 0 radical (unpaired) electrons. The Morgan fingerprint density at radius 2 is 2.15 bits per heavy atom. The first kappa shape index (κ1) is 12.4. The van der Waals surface area contributed by atoms with E-state index < -0.39 is 0 Å². The maximum Gasteiger partial charge on any atom is 0.0905 e. The highest BCUT2D eigenvalue weighted by molar-refractivity contribution is 5.76. The van der Waals surface area contributed by atoms with Gasteiger partial charge in [0.2, 0.25) is 0 Å². The van der Waals surface area contributed by atoms with Crippen LogP contribution >= 0.6 is 0 Å². The van der Waals surface area contributed by atoms with Gasteiger partial charge < -0.3 is 15.7 Å². The maximum atomic E-state index is 8.85. The van der Waals surface area contributed by atoms with Crippen LogP contribution in [-0.4, -0.2) is 42.1 Å². The standard InChI is InChI=1S/C9H21N3O/c1-8(7-13)12(2)6-4-3-5-9(10)11/h8,13H,3-7H2,1-2H3,(H3,10,11). The Kier molecular flexibility index (Phi) is 6.54. The summed E-state index contributed by atoms with van der Waals surface area (Å²) in [4.78, 5) is 2.11. The van der Waals surface area contributed by atoms with Gasteiger partial charge in [0.25, 0.3) is 0 Å². The van der Waals surface area contributed by atoms with Gasteiger partial charge in [0.1, 0.15) is 0 Å². The van der Waals surface area contributed by atoms with Crippen LogP contribution in [0.2, 0.25) is 0 Å². The normalized spacial score (nSPS) is 13.2. The molecule has 0 saturated carbocycles. The highest BCUT2D eigenvalue weighted by atomic mass is 16.3. The maximum absolute atomic E-state index is 8.85. The summed E-state index contributed by atoms with van der Waals surface area (Å²) >= 11 is 0. The molecule has 0 aromatic rings. The van der Waals surface area contributed by atoms with E-state index >= 15 is 0 Å². The molecule has 1 atom stereocenters. The third-order valence-electron chi connectivity index (χ3n) is 2.22. The first-order chi connectivity index (χ1) is 6.07. The van der Waals surface area contributed by atoms with Crippen LogP contribution in [0.25, 0.3) is 0 Å². The molecule has 4 heteroatoms. The van der Waals surface area contributed by atoms with E-state index in [4.69, 9.17) is 16.2 Å². The zero-order valence-electron chi connectivity index (χ0n) is 8.58. The minimum absolute atomic E-state index is 0.198. The van der Waals surface area contributed by atoms with E-state index in [1.807, 2.05) is 14.0 Å². The van der Waals surface area contributed by atoms with E-state index in [-0.39, 0.29) is 18.5 Å². The van der Waals surface area contributed by atoms with Crippen molar-refractivity contribution in [1.29, 1.82) is 5.41 Å². The molecule has 0 aliphatic carbocycles. The molecule has 1 unspecified atom stereocenters. The fraction of sp³-hybridized carbons (Fsp3) is 0.889. The van der Waals surface area contributed by atoms with E-state index in [2.05, 4.69) is 4.90 Å². The molecule has 0 rings (SSSR count). The molecular weight excluding hydrogens is 166 g/mol. The number of hydrogen-bond acceptors (Lipinski definition) is 3. The van der Waals surface area contributed by atoms with Crippen LogP contribution in [0.5, 0.6) is 0 Å². The highest BCUT2D eigenvalue weighted by Crippen LogP contribution is 2.00. The number of hydrogen-bond donors (Lipinski definition) is 3. The lowest BCUT2D eigenvalue weighted by molar-refractivity contribution is 0.157. The van der Waals surface area contributed by atoms with Crippen molar-refractivity contribution in [2.45, 2.75) is 32.2 Å². The van der Waals surface area contributed by atoms with Crippen LogP contribution in [0.15, 0.2) is 0 Å². The van der Waals surface area contributed by atoms with Crippen molar-refractivity contribution in [2.75, 3.05) is 20.2 Å². The average Bonchev–Trinajstić information content (AvgIpc) is 2.10. The van der Waals surface area contributed by atoms with Crippen molar-refractivity contribution in [3.05, 3.63) is 0 Å². The summed E-state index contributed by atoms with van der Waals surface area (Å²) in [5.41, 5.74) is 5.22. The third-order valence-corrected chi connectivity index (χ3v) is 2.22. The predicted molar refractivity (Wildman–Crippen MR) is 54.9 cm³/mol. The van der Waals surface area contributed by atoms with Crippen LogP contribution in [0, 0.1) is 5.41 Å². The predicted octanol–water partition coefficient (Wildman–Crippen LogP) is 0.405.